The van der Waals surface area contributed by atoms with Crippen LogP contribution < -0.4 is 0 Å². The van der Waals surface area contributed by atoms with Gasteiger partial charge >= 0.3 is 12.0 Å². The van der Waals surface area contributed by atoms with Gasteiger partial charge in [-0.2, -0.15) is 0 Å². The zero-order valence-electron chi connectivity index (χ0n) is 11.0. The summed E-state index contributed by atoms with van der Waals surface area (Å²) >= 11 is 0. The van der Waals surface area contributed by atoms with Gasteiger partial charge in [-0.3, -0.25) is 0 Å². The number of hydrogen-bond acceptors (Lipinski definition) is 4. The monoisotopic (exact) mass is 272 g/mol. The Hall–Kier alpha value is -1.34. The first-order chi connectivity index (χ1) is 8.91. The second-order valence-corrected chi connectivity index (χ2v) is 5.43. The fourth-order valence-corrected chi connectivity index (χ4v) is 2.60. The van der Waals surface area contributed by atoms with Crippen molar-refractivity contribution in [2.24, 2.45) is 0 Å². The van der Waals surface area contributed by atoms with Crippen molar-refractivity contribution in [1.82, 2.24) is 9.80 Å². The van der Waals surface area contributed by atoms with Crippen LogP contribution in [0.2, 0.25) is 0 Å². The van der Waals surface area contributed by atoms with E-state index in [0.717, 1.165) is 6.42 Å². The van der Waals surface area contributed by atoms with E-state index >= 15 is 0 Å². The number of carbonyl (C=O) groups is 2. The molecule has 19 heavy (non-hydrogen) atoms. The highest BCUT2D eigenvalue weighted by Crippen LogP contribution is 2.22. The second-order valence-electron chi connectivity index (χ2n) is 5.43. The molecule has 2 saturated heterocycles. The van der Waals surface area contributed by atoms with Crippen molar-refractivity contribution in [2.45, 2.75) is 31.4 Å². The van der Waals surface area contributed by atoms with Gasteiger partial charge in [0.15, 0.2) is 6.04 Å². The van der Waals surface area contributed by atoms with Crippen LogP contribution in [0.4, 0.5) is 4.79 Å². The van der Waals surface area contributed by atoms with Gasteiger partial charge in [0.1, 0.15) is 0 Å². The van der Waals surface area contributed by atoms with Crippen LogP contribution in [-0.4, -0.2) is 76.5 Å². The van der Waals surface area contributed by atoms with Crippen LogP contribution >= 0.6 is 0 Å². The van der Waals surface area contributed by atoms with E-state index in [4.69, 9.17) is 9.84 Å². The third-order valence-electron chi connectivity index (χ3n) is 3.60. The Balaban J connectivity index is 2.06. The summed E-state index contributed by atoms with van der Waals surface area (Å²) < 4.78 is 5.11. The molecule has 2 aliphatic rings. The first-order valence-electron chi connectivity index (χ1n) is 6.49. The highest BCUT2D eigenvalue weighted by molar-refractivity contribution is 5.83. The van der Waals surface area contributed by atoms with Crippen LogP contribution in [-0.2, 0) is 9.53 Å². The zero-order chi connectivity index (χ0) is 14.0. The van der Waals surface area contributed by atoms with Crippen LogP contribution in [0.3, 0.4) is 0 Å². The van der Waals surface area contributed by atoms with Gasteiger partial charge in [-0.15, -0.1) is 0 Å². The molecule has 2 atom stereocenters. The molecule has 108 valence electrons. The van der Waals surface area contributed by atoms with E-state index in [1.54, 1.807) is 6.92 Å². The fraction of sp³-hybridized carbons (Fsp3) is 0.833. The maximum absolute atomic E-state index is 12.4. The normalized spacial score (nSPS) is 32.2. The average Bonchev–Trinajstić information content (AvgIpc) is 2.36. The molecule has 0 spiro atoms. The number of carboxylic acid groups (broad SMARTS) is 1. The maximum atomic E-state index is 12.4. The number of ether oxygens (including phenoxy) is 1. The number of hydrogen-bond donors (Lipinski definition) is 2. The number of rotatable bonds is 1. The molecular weight excluding hydrogens is 252 g/mol. The molecule has 0 aromatic rings. The number of likely N-dealkylation sites (tertiary alicyclic amines) is 1. The van der Waals surface area contributed by atoms with Crippen molar-refractivity contribution in [1.29, 1.82) is 0 Å². The number of carbonyl (C=O) groups excluding carboxylic acids is 1. The molecule has 2 rings (SSSR count). The minimum Gasteiger partial charge on any atom is -0.480 e. The lowest BCUT2D eigenvalue weighted by Crippen LogP contribution is -2.59. The summed E-state index contributed by atoms with van der Waals surface area (Å²) in [4.78, 5) is 26.4. The zero-order valence-corrected chi connectivity index (χ0v) is 11.0. The molecule has 0 aromatic carbocycles. The molecule has 2 heterocycles. The van der Waals surface area contributed by atoms with Crippen LogP contribution in [0.25, 0.3) is 0 Å². The van der Waals surface area contributed by atoms with E-state index in [-0.39, 0.29) is 25.7 Å². The SMILES string of the molecule is CC1(O)CCCN(C(=O)N2CCOCC2C(=O)O)C1. The van der Waals surface area contributed by atoms with Gasteiger partial charge in [0.25, 0.3) is 0 Å². The Kier molecular flexibility index (Phi) is 3.96. The van der Waals surface area contributed by atoms with Crippen molar-refractivity contribution in [3.05, 3.63) is 0 Å². The molecule has 2 unspecified atom stereocenters. The minimum absolute atomic E-state index is 0.0192. The second kappa shape index (κ2) is 5.34. The van der Waals surface area contributed by atoms with E-state index in [2.05, 4.69) is 0 Å². The smallest absolute Gasteiger partial charge is 0.328 e. The Morgan fingerprint density at radius 1 is 1.37 bits per heavy atom. The predicted octanol–water partition coefficient (Wildman–Crippen LogP) is -0.261. The minimum atomic E-state index is -1.06. The number of aliphatic hydroxyl groups is 1. The average molecular weight is 272 g/mol. The number of nitrogens with zero attached hydrogens (tertiary/aromatic N) is 2. The van der Waals surface area contributed by atoms with Crippen LogP contribution in [0.5, 0.6) is 0 Å². The van der Waals surface area contributed by atoms with E-state index in [1.807, 2.05) is 0 Å². The first-order valence-corrected chi connectivity index (χ1v) is 6.49. The number of amides is 2. The standard InChI is InChI=1S/C12H20N2O5/c1-12(18)3-2-4-13(8-12)11(17)14-5-6-19-7-9(14)10(15)16/h9,18H,2-8H2,1H3,(H,15,16). The number of piperidine rings is 1. The van der Waals surface area contributed by atoms with Crippen molar-refractivity contribution in [2.75, 3.05) is 32.8 Å². The van der Waals surface area contributed by atoms with E-state index < -0.39 is 17.6 Å². The van der Waals surface area contributed by atoms with E-state index in [1.165, 1.54) is 9.80 Å². The summed E-state index contributed by atoms with van der Waals surface area (Å²) in [6, 6.07) is -1.26. The number of aliphatic carboxylic acids is 1. The van der Waals surface area contributed by atoms with Crippen molar-refractivity contribution in [3.8, 4) is 0 Å². The Bertz CT molecular complexity index is 371. The highest BCUT2D eigenvalue weighted by Gasteiger charge is 2.38. The summed E-state index contributed by atoms with van der Waals surface area (Å²) in [5.41, 5.74) is -0.890. The Morgan fingerprint density at radius 2 is 2.11 bits per heavy atom. The summed E-state index contributed by atoms with van der Waals surface area (Å²) in [7, 11) is 0. The molecule has 2 amide bonds. The van der Waals surface area contributed by atoms with Crippen LogP contribution in [0, 0.1) is 0 Å². The van der Waals surface area contributed by atoms with E-state index in [9.17, 15) is 14.7 Å². The van der Waals surface area contributed by atoms with Gasteiger partial charge in [0.05, 0.1) is 25.4 Å². The van der Waals surface area contributed by atoms with Gasteiger partial charge in [-0.05, 0) is 19.8 Å². The molecule has 2 N–H and O–H groups in total. The quantitative estimate of drug-likeness (QED) is 0.686. The lowest BCUT2D eigenvalue weighted by molar-refractivity contribution is -0.147. The number of urea groups is 1. The molecule has 0 saturated carbocycles. The van der Waals surface area contributed by atoms with Gasteiger partial charge in [-0.25, -0.2) is 9.59 Å². The topological polar surface area (TPSA) is 90.3 Å². The number of carboxylic acids is 1. The van der Waals surface area contributed by atoms with Gasteiger partial charge in [-0.1, -0.05) is 0 Å². The van der Waals surface area contributed by atoms with Crippen molar-refractivity contribution in [3.63, 3.8) is 0 Å². The Labute approximate surface area is 111 Å². The summed E-state index contributed by atoms with van der Waals surface area (Å²) in [6.07, 6.45) is 1.38. The van der Waals surface area contributed by atoms with Crippen molar-refractivity contribution < 1.29 is 24.5 Å². The molecule has 0 radical (unpaired) electrons. The maximum Gasteiger partial charge on any atom is 0.328 e. The van der Waals surface area contributed by atoms with Gasteiger partial charge < -0.3 is 24.7 Å². The molecule has 0 bridgehead atoms. The molecule has 0 aliphatic carbocycles. The highest BCUT2D eigenvalue weighted by atomic mass is 16.5. The molecule has 2 aliphatic heterocycles. The number of morpholine rings is 1. The lowest BCUT2D eigenvalue weighted by Gasteiger charge is -2.41. The molecular formula is C12H20N2O5. The van der Waals surface area contributed by atoms with Crippen LogP contribution in [0.1, 0.15) is 19.8 Å². The van der Waals surface area contributed by atoms with Gasteiger partial charge in [0.2, 0.25) is 0 Å². The lowest BCUT2D eigenvalue weighted by atomic mass is 9.95. The molecule has 0 aromatic heterocycles. The first kappa shape index (κ1) is 14.1. The van der Waals surface area contributed by atoms with Crippen LogP contribution in [0.15, 0.2) is 0 Å². The number of β-amino-alcohol motifs (C(OH)–C–C–N with tert-alkyl or cyclic N) is 1. The Morgan fingerprint density at radius 3 is 2.74 bits per heavy atom. The largest absolute Gasteiger partial charge is 0.480 e. The third-order valence-corrected chi connectivity index (χ3v) is 3.60. The van der Waals surface area contributed by atoms with Crippen molar-refractivity contribution >= 4 is 12.0 Å². The van der Waals surface area contributed by atoms with Gasteiger partial charge in [0, 0.05) is 13.1 Å². The van der Waals surface area contributed by atoms with E-state index in [0.29, 0.717) is 19.6 Å². The summed E-state index contributed by atoms with van der Waals surface area (Å²) in [5.74, 6) is -1.06. The summed E-state index contributed by atoms with van der Waals surface area (Å²) in [6.45, 7) is 3.13. The summed E-state index contributed by atoms with van der Waals surface area (Å²) in [5, 5.41) is 19.1. The molecule has 7 nitrogen and oxygen atoms in total. The predicted molar refractivity (Wildman–Crippen MR) is 65.8 cm³/mol. The third kappa shape index (κ3) is 3.16. The fourth-order valence-electron chi connectivity index (χ4n) is 2.60. The molecule has 2 fully saturated rings. The molecule has 7 heteroatoms.